The van der Waals surface area contributed by atoms with E-state index in [2.05, 4.69) is 26.0 Å². The Labute approximate surface area is 161 Å². The van der Waals surface area contributed by atoms with Gasteiger partial charge in [0.25, 0.3) is 15.9 Å². The number of carbonyl (C=O) groups is 1. The van der Waals surface area contributed by atoms with E-state index in [9.17, 15) is 13.2 Å². The van der Waals surface area contributed by atoms with Crippen LogP contribution in [0.4, 0.5) is 11.4 Å². The quantitative estimate of drug-likeness (QED) is 0.745. The highest BCUT2D eigenvalue weighted by molar-refractivity contribution is 9.10. The molecule has 1 saturated heterocycles. The number of hydrogen-bond acceptors (Lipinski definition) is 4. The molecule has 0 bridgehead atoms. The fourth-order valence-corrected chi connectivity index (χ4v) is 4.30. The molecule has 0 radical (unpaired) electrons. The maximum atomic E-state index is 12.7. The van der Waals surface area contributed by atoms with Crippen molar-refractivity contribution < 1.29 is 17.9 Å². The minimum Gasteiger partial charge on any atom is -0.368 e. The fraction of sp³-hybridized carbons (Fsp3) is 0.278. The molecule has 2 aromatic carbocycles. The Morgan fingerprint density at radius 1 is 1.15 bits per heavy atom. The maximum Gasteiger partial charge on any atom is 0.262 e. The van der Waals surface area contributed by atoms with Crippen molar-refractivity contribution >= 4 is 43.2 Å². The van der Waals surface area contributed by atoms with Crippen molar-refractivity contribution in [2.45, 2.75) is 30.8 Å². The number of sulfonamides is 1. The summed E-state index contributed by atoms with van der Waals surface area (Å²) in [5, 5.41) is 2.73. The van der Waals surface area contributed by atoms with E-state index >= 15 is 0 Å². The molecule has 1 heterocycles. The molecule has 1 fully saturated rings. The molecule has 8 heteroatoms. The van der Waals surface area contributed by atoms with Gasteiger partial charge in [-0.3, -0.25) is 9.52 Å². The van der Waals surface area contributed by atoms with Gasteiger partial charge >= 0.3 is 0 Å². The third-order valence-corrected chi connectivity index (χ3v) is 6.12. The van der Waals surface area contributed by atoms with Crippen LogP contribution in [0.1, 0.15) is 18.4 Å². The maximum absolute atomic E-state index is 12.7. The number of hydrogen-bond donors (Lipinski definition) is 2. The topological polar surface area (TPSA) is 84.5 Å². The molecule has 1 aliphatic rings. The highest BCUT2D eigenvalue weighted by Crippen LogP contribution is 2.24. The SMILES string of the molecule is Cc1ccc(NC(=O)[C@@H]2CCCO2)cc1S(=O)(=O)Nc1ccc(Br)cc1. The Morgan fingerprint density at radius 2 is 1.85 bits per heavy atom. The van der Waals surface area contributed by atoms with Crippen molar-refractivity contribution in [3.63, 3.8) is 0 Å². The lowest BCUT2D eigenvalue weighted by Gasteiger charge is -2.14. The van der Waals surface area contributed by atoms with Crippen molar-refractivity contribution in [1.82, 2.24) is 0 Å². The van der Waals surface area contributed by atoms with Gasteiger partial charge in [-0.25, -0.2) is 8.42 Å². The van der Waals surface area contributed by atoms with E-state index in [0.29, 0.717) is 30.0 Å². The summed E-state index contributed by atoms with van der Waals surface area (Å²) in [4.78, 5) is 12.3. The van der Waals surface area contributed by atoms with Crippen LogP contribution in [0.5, 0.6) is 0 Å². The number of anilines is 2. The van der Waals surface area contributed by atoms with Gasteiger partial charge in [0.1, 0.15) is 6.10 Å². The van der Waals surface area contributed by atoms with Gasteiger partial charge in [-0.2, -0.15) is 0 Å². The van der Waals surface area contributed by atoms with Gasteiger partial charge in [-0.05, 0) is 61.7 Å². The normalized spacial score (nSPS) is 17.1. The lowest BCUT2D eigenvalue weighted by Crippen LogP contribution is -2.27. The van der Waals surface area contributed by atoms with Crippen LogP contribution in [0.25, 0.3) is 0 Å². The largest absolute Gasteiger partial charge is 0.368 e. The van der Waals surface area contributed by atoms with Crippen LogP contribution in [-0.2, 0) is 19.6 Å². The highest BCUT2D eigenvalue weighted by Gasteiger charge is 2.24. The zero-order chi connectivity index (χ0) is 18.7. The molecule has 1 aliphatic heterocycles. The van der Waals surface area contributed by atoms with Gasteiger partial charge < -0.3 is 10.1 Å². The summed E-state index contributed by atoms with van der Waals surface area (Å²) in [6.45, 7) is 2.28. The first-order valence-electron chi connectivity index (χ1n) is 8.17. The van der Waals surface area contributed by atoms with Crippen LogP contribution in [-0.4, -0.2) is 27.0 Å². The number of rotatable bonds is 5. The fourth-order valence-electron chi connectivity index (χ4n) is 2.70. The van der Waals surface area contributed by atoms with Gasteiger partial charge in [0.2, 0.25) is 0 Å². The van der Waals surface area contributed by atoms with Crippen molar-refractivity contribution in [2.75, 3.05) is 16.6 Å². The van der Waals surface area contributed by atoms with Crippen molar-refractivity contribution in [2.24, 2.45) is 0 Å². The van der Waals surface area contributed by atoms with E-state index in [1.54, 1.807) is 43.3 Å². The molecule has 6 nitrogen and oxygen atoms in total. The van der Waals surface area contributed by atoms with Crippen LogP contribution in [0.3, 0.4) is 0 Å². The number of halogens is 1. The molecule has 0 aromatic heterocycles. The molecule has 0 spiro atoms. The Morgan fingerprint density at radius 3 is 2.50 bits per heavy atom. The monoisotopic (exact) mass is 438 g/mol. The number of amides is 1. The summed E-state index contributed by atoms with van der Waals surface area (Å²) in [7, 11) is -3.78. The average Bonchev–Trinajstić information content (AvgIpc) is 3.13. The first-order valence-corrected chi connectivity index (χ1v) is 10.4. The predicted molar refractivity (Wildman–Crippen MR) is 104 cm³/mol. The molecule has 2 N–H and O–H groups in total. The van der Waals surface area contributed by atoms with Gasteiger partial charge in [0.15, 0.2) is 0 Å². The number of benzene rings is 2. The lowest BCUT2D eigenvalue weighted by atomic mass is 10.2. The van der Waals surface area contributed by atoms with E-state index in [4.69, 9.17) is 4.74 Å². The van der Waals surface area contributed by atoms with Crippen molar-refractivity contribution in [3.05, 3.63) is 52.5 Å². The van der Waals surface area contributed by atoms with Crippen LogP contribution >= 0.6 is 15.9 Å². The Hall–Kier alpha value is -1.90. The molecule has 138 valence electrons. The molecule has 1 atom stereocenters. The highest BCUT2D eigenvalue weighted by atomic mass is 79.9. The number of ether oxygens (including phenoxy) is 1. The molecule has 26 heavy (non-hydrogen) atoms. The number of carbonyl (C=O) groups excluding carboxylic acids is 1. The molecule has 0 saturated carbocycles. The summed E-state index contributed by atoms with van der Waals surface area (Å²) in [6, 6.07) is 11.7. The minimum atomic E-state index is -3.78. The first kappa shape index (κ1) is 18.9. The number of nitrogens with one attached hydrogen (secondary N) is 2. The van der Waals surface area contributed by atoms with Crippen LogP contribution in [0, 0.1) is 6.92 Å². The summed E-state index contributed by atoms with van der Waals surface area (Å²) in [5.74, 6) is -0.254. The van der Waals surface area contributed by atoms with E-state index in [0.717, 1.165) is 10.9 Å². The molecule has 1 amide bonds. The second kappa shape index (κ2) is 7.77. The molecular weight excluding hydrogens is 420 g/mol. The molecule has 2 aromatic rings. The third-order valence-electron chi connectivity index (χ3n) is 4.06. The van der Waals surface area contributed by atoms with E-state index in [1.807, 2.05) is 0 Å². The molecule has 0 unspecified atom stereocenters. The van der Waals surface area contributed by atoms with Crippen LogP contribution in [0.2, 0.25) is 0 Å². The smallest absolute Gasteiger partial charge is 0.262 e. The molecule has 0 aliphatic carbocycles. The van der Waals surface area contributed by atoms with E-state index in [-0.39, 0.29) is 10.8 Å². The minimum absolute atomic E-state index is 0.116. The summed E-state index contributed by atoms with van der Waals surface area (Å²) >= 11 is 3.31. The lowest BCUT2D eigenvalue weighted by molar-refractivity contribution is -0.124. The second-order valence-electron chi connectivity index (χ2n) is 6.08. The molecular formula is C18H19BrN2O4S. The third kappa shape index (κ3) is 4.44. The second-order valence-corrected chi connectivity index (χ2v) is 8.65. The van der Waals surface area contributed by atoms with Gasteiger partial charge in [0, 0.05) is 22.5 Å². The Kier molecular flexibility index (Phi) is 5.64. The van der Waals surface area contributed by atoms with Gasteiger partial charge in [-0.1, -0.05) is 22.0 Å². The molecule has 3 rings (SSSR count). The van der Waals surface area contributed by atoms with Crippen LogP contribution in [0.15, 0.2) is 51.8 Å². The van der Waals surface area contributed by atoms with E-state index < -0.39 is 16.1 Å². The van der Waals surface area contributed by atoms with Gasteiger partial charge in [0.05, 0.1) is 4.90 Å². The van der Waals surface area contributed by atoms with Gasteiger partial charge in [-0.15, -0.1) is 0 Å². The predicted octanol–water partition coefficient (Wildman–Crippen LogP) is 3.68. The standard InChI is InChI=1S/C18H19BrN2O4S/c1-12-4-7-15(20-18(22)16-3-2-10-25-16)11-17(12)26(23,24)21-14-8-5-13(19)6-9-14/h4-9,11,16,21H,2-3,10H2,1H3,(H,20,22)/t16-/m0/s1. The Balaban J connectivity index is 1.81. The average molecular weight is 439 g/mol. The number of aryl methyl sites for hydroxylation is 1. The zero-order valence-corrected chi connectivity index (χ0v) is 16.6. The van der Waals surface area contributed by atoms with Crippen LogP contribution < -0.4 is 10.0 Å². The van der Waals surface area contributed by atoms with E-state index in [1.165, 1.54) is 6.07 Å². The summed E-state index contributed by atoms with van der Waals surface area (Å²) < 4.78 is 34.2. The first-order chi connectivity index (χ1) is 12.3. The summed E-state index contributed by atoms with van der Waals surface area (Å²) in [6.07, 6.45) is 1.05. The van der Waals surface area contributed by atoms with Crippen molar-refractivity contribution in [1.29, 1.82) is 0 Å². The Bertz CT molecular complexity index is 907. The summed E-state index contributed by atoms with van der Waals surface area (Å²) in [5.41, 5.74) is 1.47. The van der Waals surface area contributed by atoms with Crippen molar-refractivity contribution in [3.8, 4) is 0 Å². The zero-order valence-electron chi connectivity index (χ0n) is 14.2.